The summed E-state index contributed by atoms with van der Waals surface area (Å²) in [4.78, 5) is 33.7. The largest absolute Gasteiger partial charge is 0.484 e. The number of nitrogens with zero attached hydrogens (tertiary/aromatic N) is 1. The van der Waals surface area contributed by atoms with Crippen LogP contribution in [0.3, 0.4) is 0 Å². The van der Waals surface area contributed by atoms with Gasteiger partial charge in [-0.05, 0) is 34.5 Å². The predicted octanol–water partition coefficient (Wildman–Crippen LogP) is 2.99. The van der Waals surface area contributed by atoms with Crippen molar-refractivity contribution in [1.82, 2.24) is 10.9 Å². The highest BCUT2D eigenvalue weighted by Crippen LogP contribution is 2.19. The Labute approximate surface area is 165 Å². The quantitative estimate of drug-likeness (QED) is 0.381. The van der Waals surface area contributed by atoms with Crippen molar-refractivity contribution in [1.29, 1.82) is 0 Å². The predicted molar refractivity (Wildman–Crippen MR) is 108 cm³/mol. The van der Waals surface area contributed by atoms with Crippen LogP contribution in [0, 0.1) is 10.1 Å². The summed E-state index contributed by atoms with van der Waals surface area (Å²) in [6.07, 6.45) is 2.98. The standard InChI is InChI=1S/C21H17N3O5/c25-20(13-8-16-6-3-5-15-4-1-2-7-19(15)16)22-23-21(26)14-29-18-11-9-17(10-12-18)24(27)28/h1-13H,14H2,(H,22,25)(H,23,26)/b13-8+. The van der Waals surface area contributed by atoms with Crippen molar-refractivity contribution in [2.45, 2.75) is 0 Å². The summed E-state index contributed by atoms with van der Waals surface area (Å²) in [5, 5.41) is 12.7. The fourth-order valence-corrected chi connectivity index (χ4v) is 2.58. The van der Waals surface area contributed by atoms with Crippen LogP contribution in [0.1, 0.15) is 5.56 Å². The first kappa shape index (κ1) is 19.6. The molecule has 29 heavy (non-hydrogen) atoms. The molecule has 0 aliphatic heterocycles. The van der Waals surface area contributed by atoms with Gasteiger partial charge >= 0.3 is 0 Å². The molecule has 146 valence electrons. The lowest BCUT2D eigenvalue weighted by Crippen LogP contribution is -2.43. The number of hydrazine groups is 1. The summed E-state index contributed by atoms with van der Waals surface area (Å²) < 4.78 is 5.21. The van der Waals surface area contributed by atoms with Crippen LogP contribution in [-0.2, 0) is 9.59 Å². The van der Waals surface area contributed by atoms with Gasteiger partial charge in [-0.25, -0.2) is 0 Å². The van der Waals surface area contributed by atoms with Crippen LogP contribution in [0.5, 0.6) is 5.75 Å². The molecule has 3 rings (SSSR count). The first-order valence-electron chi connectivity index (χ1n) is 8.65. The second-order valence-corrected chi connectivity index (χ2v) is 5.98. The molecule has 0 fully saturated rings. The molecular weight excluding hydrogens is 374 g/mol. The minimum atomic E-state index is -0.574. The number of carbonyl (C=O) groups is 2. The maximum atomic E-state index is 11.9. The van der Waals surface area contributed by atoms with E-state index in [2.05, 4.69) is 10.9 Å². The fraction of sp³-hybridized carbons (Fsp3) is 0.0476. The molecule has 0 unspecified atom stereocenters. The van der Waals surface area contributed by atoms with Crippen LogP contribution >= 0.6 is 0 Å². The van der Waals surface area contributed by atoms with Gasteiger partial charge in [0.25, 0.3) is 17.5 Å². The van der Waals surface area contributed by atoms with E-state index in [9.17, 15) is 19.7 Å². The van der Waals surface area contributed by atoms with Crippen LogP contribution in [0.25, 0.3) is 16.8 Å². The molecule has 0 aliphatic rings. The van der Waals surface area contributed by atoms with Gasteiger partial charge in [0, 0.05) is 18.2 Å². The molecule has 2 N–H and O–H groups in total. The lowest BCUT2D eigenvalue weighted by atomic mass is 10.0. The Morgan fingerprint density at radius 3 is 2.45 bits per heavy atom. The van der Waals surface area contributed by atoms with Crippen LogP contribution in [0.4, 0.5) is 5.69 Å². The van der Waals surface area contributed by atoms with Crippen molar-refractivity contribution >= 4 is 34.4 Å². The molecular formula is C21H17N3O5. The zero-order valence-corrected chi connectivity index (χ0v) is 15.2. The van der Waals surface area contributed by atoms with E-state index in [1.807, 2.05) is 42.5 Å². The average Bonchev–Trinajstić information content (AvgIpc) is 2.75. The van der Waals surface area contributed by atoms with Gasteiger partial charge < -0.3 is 4.74 Å². The van der Waals surface area contributed by atoms with Crippen molar-refractivity contribution in [3.8, 4) is 5.75 Å². The van der Waals surface area contributed by atoms with E-state index in [-0.39, 0.29) is 12.3 Å². The van der Waals surface area contributed by atoms with Gasteiger partial charge in [0.15, 0.2) is 6.61 Å². The number of rotatable bonds is 6. The second kappa shape index (κ2) is 9.14. The third-order valence-corrected chi connectivity index (χ3v) is 3.98. The zero-order valence-electron chi connectivity index (χ0n) is 15.2. The summed E-state index contributed by atoms with van der Waals surface area (Å²) in [6.45, 7) is -0.356. The first-order chi connectivity index (χ1) is 14.0. The highest BCUT2D eigenvalue weighted by Gasteiger charge is 2.07. The van der Waals surface area contributed by atoms with Gasteiger partial charge in [-0.1, -0.05) is 42.5 Å². The van der Waals surface area contributed by atoms with E-state index in [1.54, 1.807) is 6.08 Å². The molecule has 0 saturated heterocycles. The number of amides is 2. The van der Waals surface area contributed by atoms with E-state index >= 15 is 0 Å². The monoisotopic (exact) mass is 391 g/mol. The molecule has 0 aliphatic carbocycles. The second-order valence-electron chi connectivity index (χ2n) is 5.98. The highest BCUT2D eigenvalue weighted by molar-refractivity contribution is 5.97. The van der Waals surface area contributed by atoms with Crippen molar-refractivity contribution in [2.75, 3.05) is 6.61 Å². The maximum Gasteiger partial charge on any atom is 0.276 e. The molecule has 0 atom stereocenters. The zero-order chi connectivity index (χ0) is 20.6. The Balaban J connectivity index is 1.48. The minimum absolute atomic E-state index is 0.0768. The number of nitro groups is 1. The van der Waals surface area contributed by atoms with Gasteiger partial charge in [-0.2, -0.15) is 0 Å². The smallest absolute Gasteiger partial charge is 0.276 e. The molecule has 0 saturated carbocycles. The molecule has 0 radical (unpaired) electrons. The lowest BCUT2D eigenvalue weighted by molar-refractivity contribution is -0.384. The van der Waals surface area contributed by atoms with Crippen molar-refractivity contribution in [2.24, 2.45) is 0 Å². The number of nitrogens with one attached hydrogen (secondary N) is 2. The van der Waals surface area contributed by atoms with Crippen LogP contribution in [-0.4, -0.2) is 23.3 Å². The van der Waals surface area contributed by atoms with Crippen LogP contribution in [0.2, 0.25) is 0 Å². The summed E-state index contributed by atoms with van der Waals surface area (Å²) in [6, 6.07) is 18.9. The van der Waals surface area contributed by atoms with Crippen molar-refractivity contribution < 1.29 is 19.2 Å². The van der Waals surface area contributed by atoms with E-state index in [4.69, 9.17) is 4.74 Å². The molecule has 3 aromatic rings. The Bertz CT molecular complexity index is 1070. The number of hydrogen-bond acceptors (Lipinski definition) is 5. The number of benzene rings is 3. The number of carbonyl (C=O) groups excluding carboxylic acids is 2. The van der Waals surface area contributed by atoms with Gasteiger partial charge in [-0.15, -0.1) is 0 Å². The van der Waals surface area contributed by atoms with Crippen LogP contribution < -0.4 is 15.6 Å². The third kappa shape index (κ3) is 5.39. The topological polar surface area (TPSA) is 111 Å². The Kier molecular flexibility index (Phi) is 6.16. The average molecular weight is 391 g/mol. The first-order valence-corrected chi connectivity index (χ1v) is 8.65. The van der Waals surface area contributed by atoms with E-state index in [0.29, 0.717) is 5.75 Å². The van der Waals surface area contributed by atoms with Gasteiger partial charge in [0.2, 0.25) is 0 Å². The van der Waals surface area contributed by atoms with Gasteiger partial charge in [0.05, 0.1) is 4.92 Å². The SMILES string of the molecule is O=C(/C=C/c1cccc2ccccc12)NNC(=O)COc1ccc([N+](=O)[O-])cc1. The molecule has 0 spiro atoms. The summed E-state index contributed by atoms with van der Waals surface area (Å²) >= 11 is 0. The molecule has 8 nitrogen and oxygen atoms in total. The minimum Gasteiger partial charge on any atom is -0.484 e. The number of non-ortho nitro benzene ring substituents is 1. The maximum absolute atomic E-state index is 11.9. The van der Waals surface area contributed by atoms with E-state index in [0.717, 1.165) is 16.3 Å². The molecule has 0 heterocycles. The Morgan fingerprint density at radius 2 is 1.69 bits per heavy atom. The molecule has 2 amide bonds. The molecule has 0 aromatic heterocycles. The summed E-state index contributed by atoms with van der Waals surface area (Å²) in [5.74, 6) is -0.773. The normalized spacial score (nSPS) is 10.6. The highest BCUT2D eigenvalue weighted by atomic mass is 16.6. The van der Waals surface area contributed by atoms with Gasteiger partial charge in [-0.3, -0.25) is 30.6 Å². The fourth-order valence-electron chi connectivity index (χ4n) is 2.58. The molecule has 3 aromatic carbocycles. The van der Waals surface area contributed by atoms with E-state index in [1.165, 1.54) is 30.3 Å². The summed E-state index contributed by atoms with van der Waals surface area (Å²) in [5.41, 5.74) is 5.30. The molecule has 0 bridgehead atoms. The Hall–Kier alpha value is -4.20. The molecule has 8 heteroatoms. The van der Waals surface area contributed by atoms with Crippen LogP contribution in [0.15, 0.2) is 72.8 Å². The van der Waals surface area contributed by atoms with Gasteiger partial charge in [0.1, 0.15) is 5.75 Å². The third-order valence-electron chi connectivity index (χ3n) is 3.98. The van der Waals surface area contributed by atoms with Crippen molar-refractivity contribution in [3.63, 3.8) is 0 Å². The number of hydrogen-bond donors (Lipinski definition) is 2. The Morgan fingerprint density at radius 1 is 0.966 bits per heavy atom. The number of nitro benzene ring substituents is 1. The van der Waals surface area contributed by atoms with Crippen molar-refractivity contribution in [3.05, 3.63) is 88.5 Å². The lowest BCUT2D eigenvalue weighted by Gasteiger charge is -2.07. The summed E-state index contributed by atoms with van der Waals surface area (Å²) in [7, 11) is 0. The van der Waals surface area contributed by atoms with E-state index < -0.39 is 16.7 Å². The number of ether oxygens (including phenoxy) is 1. The number of fused-ring (bicyclic) bond motifs is 1.